The maximum Gasteiger partial charge on any atom is 0.410 e. The molecule has 1 heterocycles. The van der Waals surface area contributed by atoms with Gasteiger partial charge in [0.05, 0.1) is 5.92 Å². The summed E-state index contributed by atoms with van der Waals surface area (Å²) in [4.78, 5) is 25.3. The van der Waals surface area contributed by atoms with E-state index in [1.165, 1.54) is 0 Å². The first-order chi connectivity index (χ1) is 9.71. The Kier molecular flexibility index (Phi) is 4.49. The summed E-state index contributed by atoms with van der Waals surface area (Å²) in [6.45, 7) is 6.96. The maximum atomic E-state index is 12.2. The molecule has 5 heteroatoms. The van der Waals surface area contributed by atoms with Gasteiger partial charge in [-0.1, -0.05) is 6.42 Å². The Bertz CT molecular complexity index is 411. The van der Waals surface area contributed by atoms with Crippen molar-refractivity contribution in [1.82, 2.24) is 4.90 Å². The smallest absolute Gasteiger partial charge is 0.410 e. The zero-order valence-electron chi connectivity index (χ0n) is 13.4. The Labute approximate surface area is 126 Å². The Morgan fingerprint density at radius 1 is 1.24 bits per heavy atom. The van der Waals surface area contributed by atoms with Crippen LogP contribution in [-0.2, 0) is 9.53 Å². The lowest BCUT2D eigenvalue weighted by atomic mass is 9.65. The molecule has 0 aromatic heterocycles. The van der Waals surface area contributed by atoms with E-state index in [0.717, 1.165) is 32.1 Å². The van der Waals surface area contributed by atoms with Crippen molar-refractivity contribution < 1.29 is 19.4 Å². The molecule has 0 radical (unpaired) electrons. The summed E-state index contributed by atoms with van der Waals surface area (Å²) in [5, 5.41) is 9.27. The predicted octanol–water partition coefficient (Wildman–Crippen LogP) is 3.28. The van der Waals surface area contributed by atoms with Crippen LogP contribution in [0.3, 0.4) is 0 Å². The van der Waals surface area contributed by atoms with Crippen LogP contribution in [0.4, 0.5) is 4.79 Å². The predicted molar refractivity (Wildman–Crippen MR) is 79.1 cm³/mol. The third kappa shape index (κ3) is 4.11. The van der Waals surface area contributed by atoms with Crippen molar-refractivity contribution in [3.05, 3.63) is 0 Å². The second kappa shape index (κ2) is 5.85. The van der Waals surface area contributed by atoms with Gasteiger partial charge in [0.1, 0.15) is 5.60 Å². The molecule has 1 N–H and O–H groups in total. The summed E-state index contributed by atoms with van der Waals surface area (Å²) in [5.41, 5.74) is -0.506. The minimum Gasteiger partial charge on any atom is -0.481 e. The topological polar surface area (TPSA) is 66.8 Å². The molecule has 2 unspecified atom stereocenters. The van der Waals surface area contributed by atoms with E-state index in [1.807, 2.05) is 20.8 Å². The number of likely N-dealkylation sites (tertiary alicyclic amines) is 1. The molecule has 1 saturated carbocycles. The quantitative estimate of drug-likeness (QED) is 0.806. The van der Waals surface area contributed by atoms with E-state index in [1.54, 1.807) is 4.90 Å². The molecule has 1 aliphatic heterocycles. The molecule has 5 nitrogen and oxygen atoms in total. The van der Waals surface area contributed by atoms with Crippen LogP contribution in [0.1, 0.15) is 59.3 Å². The highest BCUT2D eigenvalue weighted by Crippen LogP contribution is 2.45. The Morgan fingerprint density at radius 3 is 2.52 bits per heavy atom. The van der Waals surface area contributed by atoms with E-state index < -0.39 is 11.6 Å². The number of nitrogens with zero attached hydrogens (tertiary/aromatic N) is 1. The van der Waals surface area contributed by atoms with Gasteiger partial charge in [-0.25, -0.2) is 4.79 Å². The standard InChI is InChI=1S/C16H27NO4/c1-15(2,3)21-14(20)17-9-5-8-16(11-17)7-4-6-12(10-16)13(18)19/h12H,4-11H2,1-3H3,(H,18,19). The molecule has 2 rings (SSSR count). The monoisotopic (exact) mass is 297 g/mol. The lowest BCUT2D eigenvalue weighted by Gasteiger charge is -2.46. The van der Waals surface area contributed by atoms with Gasteiger partial charge in [-0.3, -0.25) is 4.79 Å². The summed E-state index contributed by atoms with van der Waals surface area (Å²) < 4.78 is 5.46. The minimum atomic E-state index is -0.691. The first kappa shape index (κ1) is 16.1. The van der Waals surface area contributed by atoms with E-state index >= 15 is 0 Å². The van der Waals surface area contributed by atoms with Gasteiger partial charge in [0, 0.05) is 13.1 Å². The van der Waals surface area contributed by atoms with Crippen LogP contribution in [0.5, 0.6) is 0 Å². The van der Waals surface area contributed by atoms with Gasteiger partial charge in [-0.15, -0.1) is 0 Å². The number of hydrogen-bond acceptors (Lipinski definition) is 3. The summed E-state index contributed by atoms with van der Waals surface area (Å²) in [7, 11) is 0. The van der Waals surface area contributed by atoms with Crippen molar-refractivity contribution in [2.75, 3.05) is 13.1 Å². The van der Waals surface area contributed by atoms with Gasteiger partial charge in [-0.05, 0) is 58.3 Å². The molecule has 1 amide bonds. The highest BCUT2D eigenvalue weighted by molar-refractivity contribution is 5.70. The highest BCUT2D eigenvalue weighted by atomic mass is 16.6. The third-order valence-electron chi connectivity index (χ3n) is 4.60. The van der Waals surface area contributed by atoms with Crippen molar-refractivity contribution in [3.8, 4) is 0 Å². The van der Waals surface area contributed by atoms with Crippen molar-refractivity contribution >= 4 is 12.1 Å². The fourth-order valence-corrected chi connectivity index (χ4v) is 3.72. The van der Waals surface area contributed by atoms with Gasteiger partial charge >= 0.3 is 12.1 Å². The molecule has 0 aromatic rings. The second-order valence-corrected chi connectivity index (χ2v) is 7.64. The average molecular weight is 297 g/mol. The van der Waals surface area contributed by atoms with Gasteiger partial charge in [-0.2, -0.15) is 0 Å². The van der Waals surface area contributed by atoms with E-state index in [2.05, 4.69) is 0 Å². The summed E-state index contributed by atoms with van der Waals surface area (Å²) in [6, 6.07) is 0. The number of carbonyl (C=O) groups is 2. The number of amides is 1. The number of hydrogen-bond donors (Lipinski definition) is 1. The third-order valence-corrected chi connectivity index (χ3v) is 4.60. The SMILES string of the molecule is CC(C)(C)OC(=O)N1CCCC2(CCCC(C(=O)O)C2)C1. The molecule has 2 fully saturated rings. The zero-order chi connectivity index (χ0) is 15.7. The van der Waals surface area contributed by atoms with Crippen LogP contribution < -0.4 is 0 Å². The number of carboxylic acids is 1. The van der Waals surface area contributed by atoms with Crippen LogP contribution in [0.2, 0.25) is 0 Å². The first-order valence-electron chi connectivity index (χ1n) is 7.92. The molecule has 0 aromatic carbocycles. The number of carboxylic acid groups (broad SMARTS) is 1. The van der Waals surface area contributed by atoms with Crippen molar-refractivity contribution in [1.29, 1.82) is 0 Å². The Hall–Kier alpha value is -1.26. The summed E-state index contributed by atoms with van der Waals surface area (Å²) in [6.07, 6.45) is 5.13. The molecule has 2 atom stereocenters. The first-order valence-corrected chi connectivity index (χ1v) is 7.92. The average Bonchev–Trinajstić information content (AvgIpc) is 2.37. The lowest BCUT2D eigenvalue weighted by molar-refractivity contribution is -0.145. The number of rotatable bonds is 1. The largest absolute Gasteiger partial charge is 0.481 e. The molecule has 1 aliphatic carbocycles. The van der Waals surface area contributed by atoms with Crippen LogP contribution in [0.25, 0.3) is 0 Å². The minimum absolute atomic E-state index is 0.0174. The molecule has 120 valence electrons. The van der Waals surface area contributed by atoms with Crippen LogP contribution in [0.15, 0.2) is 0 Å². The van der Waals surface area contributed by atoms with Crippen molar-refractivity contribution in [2.24, 2.45) is 11.3 Å². The normalized spacial score (nSPS) is 30.2. The van der Waals surface area contributed by atoms with Crippen molar-refractivity contribution in [2.45, 2.75) is 64.9 Å². The number of carbonyl (C=O) groups excluding carboxylic acids is 1. The van der Waals surface area contributed by atoms with Crippen LogP contribution >= 0.6 is 0 Å². The van der Waals surface area contributed by atoms with Gasteiger partial charge < -0.3 is 14.7 Å². The van der Waals surface area contributed by atoms with E-state index in [9.17, 15) is 14.7 Å². The molecule has 1 spiro atoms. The van der Waals surface area contributed by atoms with Crippen LogP contribution in [0, 0.1) is 11.3 Å². The maximum absolute atomic E-state index is 12.2. The van der Waals surface area contributed by atoms with E-state index in [4.69, 9.17) is 4.74 Å². The Morgan fingerprint density at radius 2 is 1.90 bits per heavy atom. The zero-order valence-corrected chi connectivity index (χ0v) is 13.4. The van der Waals surface area contributed by atoms with E-state index in [-0.39, 0.29) is 17.4 Å². The summed E-state index contributed by atoms with van der Waals surface area (Å²) in [5.74, 6) is -0.944. The number of ether oxygens (including phenoxy) is 1. The van der Waals surface area contributed by atoms with Crippen molar-refractivity contribution in [3.63, 3.8) is 0 Å². The molecular formula is C16H27NO4. The fourth-order valence-electron chi connectivity index (χ4n) is 3.72. The lowest BCUT2D eigenvalue weighted by Crippen LogP contribution is -2.49. The van der Waals surface area contributed by atoms with Gasteiger partial charge in [0.15, 0.2) is 0 Å². The molecule has 1 saturated heterocycles. The molecule has 21 heavy (non-hydrogen) atoms. The van der Waals surface area contributed by atoms with Crippen LogP contribution in [-0.4, -0.2) is 40.8 Å². The molecular weight excluding hydrogens is 270 g/mol. The highest BCUT2D eigenvalue weighted by Gasteiger charge is 2.43. The fraction of sp³-hybridized carbons (Fsp3) is 0.875. The molecule has 0 bridgehead atoms. The van der Waals surface area contributed by atoms with Gasteiger partial charge in [0.25, 0.3) is 0 Å². The Balaban J connectivity index is 2.02. The van der Waals surface area contributed by atoms with E-state index in [0.29, 0.717) is 19.5 Å². The summed E-state index contributed by atoms with van der Waals surface area (Å²) >= 11 is 0. The number of aliphatic carboxylic acids is 1. The van der Waals surface area contributed by atoms with Gasteiger partial charge in [0.2, 0.25) is 0 Å². The number of piperidine rings is 1. The molecule has 2 aliphatic rings. The second-order valence-electron chi connectivity index (χ2n) is 7.64.